The van der Waals surface area contributed by atoms with Crippen molar-refractivity contribution >= 4 is 11.6 Å². The third kappa shape index (κ3) is 6.07. The highest BCUT2D eigenvalue weighted by Crippen LogP contribution is 2.26. The van der Waals surface area contributed by atoms with Crippen LogP contribution >= 0.6 is 0 Å². The maximum atomic E-state index is 12.7. The zero-order valence-corrected chi connectivity index (χ0v) is 19.9. The van der Waals surface area contributed by atoms with Crippen molar-refractivity contribution < 1.29 is 24.2 Å². The van der Waals surface area contributed by atoms with Gasteiger partial charge in [-0.15, -0.1) is 0 Å². The van der Waals surface area contributed by atoms with Crippen LogP contribution in [0.15, 0.2) is 109 Å². The Hall–Kier alpha value is -4.64. The molecule has 0 fully saturated rings. The first-order chi connectivity index (χ1) is 17.5. The molecular weight excluding hydrogens is 452 g/mol. The van der Waals surface area contributed by atoms with E-state index in [9.17, 15) is 14.7 Å². The number of phenols is 1. The molecule has 4 rings (SSSR count). The summed E-state index contributed by atoms with van der Waals surface area (Å²) in [5.41, 5.74) is 2.89. The topological polar surface area (TPSA) is 72.8 Å². The Labute approximate surface area is 210 Å². The van der Waals surface area contributed by atoms with E-state index in [1.165, 1.54) is 6.07 Å². The highest BCUT2D eigenvalue weighted by Gasteiger charge is 2.14. The minimum atomic E-state index is -0.246. The highest BCUT2D eigenvalue weighted by atomic mass is 16.5. The van der Waals surface area contributed by atoms with Crippen LogP contribution in [0.25, 0.3) is 0 Å². The second-order valence-electron chi connectivity index (χ2n) is 8.14. The summed E-state index contributed by atoms with van der Waals surface area (Å²) in [6.07, 6.45) is 3.63. The number of carbonyl (C=O) groups excluding carboxylic acids is 2. The summed E-state index contributed by atoms with van der Waals surface area (Å²) in [4.78, 5) is 25.2. The number of carbonyl (C=O) groups is 2. The van der Waals surface area contributed by atoms with E-state index >= 15 is 0 Å². The molecule has 0 atom stereocenters. The van der Waals surface area contributed by atoms with Gasteiger partial charge in [-0.1, -0.05) is 60.7 Å². The van der Waals surface area contributed by atoms with Gasteiger partial charge in [0.05, 0.1) is 5.56 Å². The van der Waals surface area contributed by atoms with Gasteiger partial charge in [0, 0.05) is 22.8 Å². The van der Waals surface area contributed by atoms with E-state index in [1.54, 1.807) is 66.7 Å². The standard InChI is InChI=1S/C31H26O5/c1-22-20-25(14-16-27(22)30(33)23-10-4-2-5-11-23)35-18-8-9-19-36-26-15-17-28(29(32)21-26)31(34)24-12-6-3-7-13-24/h2-17,20-21,32H,18-19H2,1H3/b9-8+. The Bertz CT molecular complexity index is 1270. The number of benzene rings is 4. The number of ketones is 2. The lowest BCUT2D eigenvalue weighted by Crippen LogP contribution is -2.04. The molecule has 180 valence electrons. The largest absolute Gasteiger partial charge is 0.507 e. The Morgan fingerprint density at radius 1 is 0.667 bits per heavy atom. The average molecular weight is 479 g/mol. The molecule has 0 radical (unpaired) electrons. The minimum absolute atomic E-state index is 0.0137. The molecule has 5 nitrogen and oxygen atoms in total. The normalized spacial score (nSPS) is 10.8. The molecule has 0 spiro atoms. The van der Waals surface area contributed by atoms with Gasteiger partial charge in [0.2, 0.25) is 0 Å². The van der Waals surface area contributed by atoms with Crippen molar-refractivity contribution in [3.05, 3.63) is 137 Å². The molecule has 36 heavy (non-hydrogen) atoms. The number of ether oxygens (including phenoxy) is 2. The average Bonchev–Trinajstić information content (AvgIpc) is 2.91. The van der Waals surface area contributed by atoms with Crippen LogP contribution in [0.2, 0.25) is 0 Å². The lowest BCUT2D eigenvalue weighted by atomic mass is 9.99. The fraction of sp³-hybridized carbons (Fsp3) is 0.0968. The lowest BCUT2D eigenvalue weighted by molar-refractivity contribution is 0.102. The summed E-state index contributed by atoms with van der Waals surface area (Å²) in [6, 6.07) is 28.1. The Morgan fingerprint density at radius 2 is 1.14 bits per heavy atom. The molecule has 4 aromatic rings. The van der Waals surface area contributed by atoms with E-state index < -0.39 is 0 Å². The lowest BCUT2D eigenvalue weighted by Gasteiger charge is -2.09. The summed E-state index contributed by atoms with van der Waals surface area (Å²) in [5.74, 6) is 0.742. The van der Waals surface area contributed by atoms with Crippen LogP contribution in [0.4, 0.5) is 0 Å². The second kappa shape index (κ2) is 11.7. The van der Waals surface area contributed by atoms with Gasteiger partial charge in [0.1, 0.15) is 30.5 Å². The van der Waals surface area contributed by atoms with Crippen molar-refractivity contribution in [1.29, 1.82) is 0 Å². The van der Waals surface area contributed by atoms with Gasteiger partial charge in [-0.05, 0) is 55.0 Å². The van der Waals surface area contributed by atoms with Gasteiger partial charge in [-0.3, -0.25) is 9.59 Å². The van der Waals surface area contributed by atoms with Crippen molar-refractivity contribution in [2.24, 2.45) is 0 Å². The summed E-state index contributed by atoms with van der Waals surface area (Å²) in [5, 5.41) is 10.3. The number of hydrogen-bond donors (Lipinski definition) is 1. The van der Waals surface area contributed by atoms with Gasteiger partial charge in [0.15, 0.2) is 11.6 Å². The van der Waals surface area contributed by atoms with Crippen LogP contribution in [0, 0.1) is 6.92 Å². The monoisotopic (exact) mass is 478 g/mol. The molecule has 0 aromatic heterocycles. The van der Waals surface area contributed by atoms with Crippen molar-refractivity contribution in [3.63, 3.8) is 0 Å². The van der Waals surface area contributed by atoms with E-state index in [4.69, 9.17) is 9.47 Å². The summed E-state index contributed by atoms with van der Waals surface area (Å²) < 4.78 is 11.4. The Morgan fingerprint density at radius 3 is 1.64 bits per heavy atom. The number of aryl methyl sites for hydroxylation is 1. The SMILES string of the molecule is Cc1cc(OC/C=C/COc2ccc(C(=O)c3ccccc3)c(O)c2)ccc1C(=O)c1ccccc1. The maximum Gasteiger partial charge on any atom is 0.196 e. The zero-order valence-electron chi connectivity index (χ0n) is 19.9. The third-order valence-electron chi connectivity index (χ3n) is 5.59. The van der Waals surface area contributed by atoms with E-state index in [2.05, 4.69) is 0 Å². The first-order valence-electron chi connectivity index (χ1n) is 11.6. The van der Waals surface area contributed by atoms with Gasteiger partial charge in [0.25, 0.3) is 0 Å². The van der Waals surface area contributed by atoms with Crippen LogP contribution in [-0.2, 0) is 0 Å². The first-order valence-corrected chi connectivity index (χ1v) is 11.6. The second-order valence-corrected chi connectivity index (χ2v) is 8.14. The number of phenolic OH excluding ortho intramolecular Hbond substituents is 1. The van der Waals surface area contributed by atoms with Crippen molar-refractivity contribution in [2.75, 3.05) is 13.2 Å². The third-order valence-corrected chi connectivity index (χ3v) is 5.59. The van der Waals surface area contributed by atoms with E-state index in [-0.39, 0.29) is 29.5 Å². The van der Waals surface area contributed by atoms with Crippen molar-refractivity contribution in [1.82, 2.24) is 0 Å². The van der Waals surface area contributed by atoms with Gasteiger partial charge in [-0.2, -0.15) is 0 Å². The fourth-order valence-corrected chi connectivity index (χ4v) is 3.69. The molecule has 0 saturated heterocycles. The van der Waals surface area contributed by atoms with E-state index in [0.717, 1.165) is 5.56 Å². The van der Waals surface area contributed by atoms with Crippen molar-refractivity contribution in [3.8, 4) is 17.2 Å². The fourth-order valence-electron chi connectivity index (χ4n) is 3.69. The smallest absolute Gasteiger partial charge is 0.196 e. The van der Waals surface area contributed by atoms with E-state index in [0.29, 0.717) is 34.8 Å². The number of aromatic hydroxyl groups is 1. The maximum absolute atomic E-state index is 12.7. The summed E-state index contributed by atoms with van der Waals surface area (Å²) in [7, 11) is 0. The number of rotatable bonds is 10. The van der Waals surface area contributed by atoms with Crippen molar-refractivity contribution in [2.45, 2.75) is 6.92 Å². The van der Waals surface area contributed by atoms with Crippen LogP contribution in [0.3, 0.4) is 0 Å². The van der Waals surface area contributed by atoms with Crippen LogP contribution in [0.5, 0.6) is 17.2 Å². The van der Waals surface area contributed by atoms with Gasteiger partial charge in [-0.25, -0.2) is 0 Å². The quantitative estimate of drug-likeness (QED) is 0.218. The summed E-state index contributed by atoms with van der Waals surface area (Å²) >= 11 is 0. The molecule has 0 amide bonds. The zero-order chi connectivity index (χ0) is 25.3. The van der Waals surface area contributed by atoms with Crippen LogP contribution in [-0.4, -0.2) is 29.9 Å². The first kappa shape index (κ1) is 24.5. The molecule has 0 aliphatic carbocycles. The van der Waals surface area contributed by atoms with Crippen LogP contribution in [0.1, 0.15) is 37.4 Å². The molecule has 0 heterocycles. The van der Waals surface area contributed by atoms with Gasteiger partial charge >= 0.3 is 0 Å². The molecule has 0 aliphatic rings. The molecule has 4 aromatic carbocycles. The molecule has 0 saturated carbocycles. The highest BCUT2D eigenvalue weighted by molar-refractivity contribution is 6.11. The predicted octanol–water partition coefficient (Wildman–Crippen LogP) is 6.18. The Balaban J connectivity index is 1.26. The van der Waals surface area contributed by atoms with Crippen LogP contribution < -0.4 is 9.47 Å². The molecule has 5 heteroatoms. The number of hydrogen-bond acceptors (Lipinski definition) is 5. The molecular formula is C31H26O5. The Kier molecular flexibility index (Phi) is 7.94. The van der Waals surface area contributed by atoms with E-state index in [1.807, 2.05) is 43.3 Å². The van der Waals surface area contributed by atoms with Gasteiger partial charge < -0.3 is 14.6 Å². The molecule has 0 bridgehead atoms. The minimum Gasteiger partial charge on any atom is -0.507 e. The predicted molar refractivity (Wildman–Crippen MR) is 139 cm³/mol. The molecule has 0 aliphatic heterocycles. The molecule has 1 N–H and O–H groups in total. The summed E-state index contributed by atoms with van der Waals surface area (Å²) in [6.45, 7) is 2.50. The molecule has 0 unspecified atom stereocenters.